The van der Waals surface area contributed by atoms with Gasteiger partial charge in [0.2, 0.25) is 0 Å². The molecular weight excluding hydrogens is 223 g/mol. The summed E-state index contributed by atoms with van der Waals surface area (Å²) in [5.41, 5.74) is 0. The van der Waals surface area contributed by atoms with Crippen LogP contribution in [0.2, 0.25) is 4.55 Å². The Kier molecular flexibility index (Phi) is 13.0. The van der Waals surface area contributed by atoms with E-state index in [4.69, 9.17) is 0 Å². The van der Waals surface area contributed by atoms with Crippen molar-refractivity contribution >= 4 is 21.7 Å². The fourth-order valence-corrected chi connectivity index (χ4v) is 1.25. The Labute approximate surface area is 82.3 Å². The minimum Gasteiger partial charge on any atom is -1.00 e. The van der Waals surface area contributed by atoms with Crippen LogP contribution in [-0.4, -0.2) is 21.7 Å². The van der Waals surface area contributed by atoms with Crippen LogP contribution in [0.5, 0.6) is 0 Å². The van der Waals surface area contributed by atoms with Gasteiger partial charge in [-0.2, -0.15) is 0 Å². The van der Waals surface area contributed by atoms with Crippen molar-refractivity contribution in [2.24, 2.45) is 5.92 Å². The molecule has 0 saturated carbocycles. The molecule has 0 nitrogen and oxygen atoms in total. The molecule has 0 aromatic carbocycles. The summed E-state index contributed by atoms with van der Waals surface area (Å²) >= 11 is 2.07. The SMILES string of the molecule is CCC(C)C[CH2][Mg+].[I-]. The van der Waals surface area contributed by atoms with Gasteiger partial charge in [-0.15, -0.1) is 0 Å². The molecule has 0 N–H and O–H groups in total. The maximum atomic E-state index is 2.31. The molecule has 0 aromatic rings. The van der Waals surface area contributed by atoms with Crippen LogP contribution in [0, 0.1) is 5.92 Å². The first kappa shape index (κ1) is 12.2. The first-order chi connectivity index (χ1) is 3.31. The molecule has 0 saturated heterocycles. The second-order valence-corrected chi connectivity index (χ2v) is 2.86. The molecular formula is C6H13IMg. The van der Waals surface area contributed by atoms with E-state index in [9.17, 15) is 0 Å². The zero-order chi connectivity index (χ0) is 5.70. The fraction of sp³-hybridized carbons (Fsp3) is 1.00. The van der Waals surface area contributed by atoms with Crippen LogP contribution in [0.4, 0.5) is 0 Å². The van der Waals surface area contributed by atoms with Gasteiger partial charge in [-0.3, -0.25) is 0 Å². The normalized spacial score (nSPS) is 12.5. The summed E-state index contributed by atoms with van der Waals surface area (Å²) in [6, 6.07) is 0. The number of hydrogen-bond acceptors (Lipinski definition) is 0. The minimum absolute atomic E-state index is 0. The summed E-state index contributed by atoms with van der Waals surface area (Å²) in [6.07, 6.45) is 2.76. The van der Waals surface area contributed by atoms with Crippen molar-refractivity contribution < 1.29 is 24.0 Å². The standard InChI is InChI=1S/C6H13.HI.Mg/c1-4-6(3)5-2;;/h6H,1,4-5H2,2-3H3;1H;/q;;+1/p-1. The molecule has 0 spiro atoms. The van der Waals surface area contributed by atoms with Crippen molar-refractivity contribution in [3.05, 3.63) is 0 Å². The van der Waals surface area contributed by atoms with Gasteiger partial charge < -0.3 is 24.0 Å². The van der Waals surface area contributed by atoms with Gasteiger partial charge in [-0.05, 0) is 0 Å². The van der Waals surface area contributed by atoms with Gasteiger partial charge in [0.15, 0.2) is 0 Å². The summed E-state index contributed by atoms with van der Waals surface area (Å²) in [7, 11) is 0. The van der Waals surface area contributed by atoms with E-state index in [-0.39, 0.29) is 24.0 Å². The van der Waals surface area contributed by atoms with Crippen molar-refractivity contribution in [2.45, 2.75) is 31.2 Å². The van der Waals surface area contributed by atoms with Crippen LogP contribution >= 0.6 is 0 Å². The average molecular weight is 236 g/mol. The van der Waals surface area contributed by atoms with Crippen LogP contribution in [0.1, 0.15) is 26.7 Å². The van der Waals surface area contributed by atoms with Gasteiger partial charge >= 0.3 is 58.9 Å². The molecule has 0 aliphatic carbocycles. The molecule has 0 aromatic heterocycles. The van der Waals surface area contributed by atoms with E-state index < -0.39 is 0 Å². The zero-order valence-corrected chi connectivity index (χ0v) is 9.36. The largest absolute Gasteiger partial charge is 1.00 e. The van der Waals surface area contributed by atoms with Gasteiger partial charge in [0.25, 0.3) is 0 Å². The Morgan fingerprint density at radius 2 is 2.00 bits per heavy atom. The smallest absolute Gasteiger partial charge is 1.00 e. The summed E-state index contributed by atoms with van der Waals surface area (Å²) in [5.74, 6) is 0.956. The molecule has 0 amide bonds. The summed E-state index contributed by atoms with van der Waals surface area (Å²) in [6.45, 7) is 4.57. The third kappa shape index (κ3) is 7.50. The number of halogens is 1. The van der Waals surface area contributed by atoms with Gasteiger partial charge in [0, 0.05) is 0 Å². The predicted octanol–water partition coefficient (Wildman–Crippen LogP) is -0.987. The maximum Gasteiger partial charge on any atom is -1.00 e. The van der Waals surface area contributed by atoms with E-state index in [1.165, 1.54) is 17.4 Å². The quantitative estimate of drug-likeness (QED) is 0.436. The van der Waals surface area contributed by atoms with Crippen molar-refractivity contribution in [3.8, 4) is 0 Å². The molecule has 2 heteroatoms. The molecule has 1 atom stereocenters. The van der Waals surface area contributed by atoms with E-state index in [2.05, 4.69) is 35.6 Å². The van der Waals surface area contributed by atoms with E-state index >= 15 is 0 Å². The maximum absolute atomic E-state index is 2.31. The Balaban J connectivity index is 0. The Morgan fingerprint density at radius 1 is 1.50 bits per heavy atom. The predicted molar refractivity (Wildman–Crippen MR) is 34.6 cm³/mol. The van der Waals surface area contributed by atoms with Crippen molar-refractivity contribution in [2.75, 3.05) is 0 Å². The Hall–Kier alpha value is 1.50. The number of rotatable bonds is 3. The van der Waals surface area contributed by atoms with Crippen LogP contribution in [-0.2, 0) is 0 Å². The first-order valence-corrected chi connectivity index (χ1v) is 4.10. The molecule has 0 aliphatic heterocycles. The molecule has 0 fully saturated rings. The molecule has 0 radical (unpaired) electrons. The molecule has 0 aliphatic rings. The summed E-state index contributed by atoms with van der Waals surface area (Å²) in [4.78, 5) is 0. The fourth-order valence-electron chi connectivity index (χ4n) is 0.553. The van der Waals surface area contributed by atoms with Gasteiger partial charge in [-0.25, -0.2) is 0 Å². The van der Waals surface area contributed by atoms with Crippen LogP contribution in [0.15, 0.2) is 0 Å². The van der Waals surface area contributed by atoms with Crippen LogP contribution < -0.4 is 24.0 Å². The Morgan fingerprint density at radius 3 is 2.12 bits per heavy atom. The van der Waals surface area contributed by atoms with Crippen LogP contribution in [0.3, 0.4) is 0 Å². The van der Waals surface area contributed by atoms with Crippen LogP contribution in [0.25, 0.3) is 0 Å². The van der Waals surface area contributed by atoms with Crippen molar-refractivity contribution in [1.29, 1.82) is 0 Å². The molecule has 0 bridgehead atoms. The van der Waals surface area contributed by atoms with Crippen molar-refractivity contribution in [3.63, 3.8) is 0 Å². The third-order valence-corrected chi connectivity index (χ3v) is 1.80. The zero-order valence-electron chi connectivity index (χ0n) is 5.78. The summed E-state index contributed by atoms with van der Waals surface area (Å²) < 4.78 is 1.37. The summed E-state index contributed by atoms with van der Waals surface area (Å²) in [5, 5.41) is 0. The van der Waals surface area contributed by atoms with Crippen molar-refractivity contribution in [1.82, 2.24) is 0 Å². The second kappa shape index (κ2) is 8.50. The first-order valence-electron chi connectivity index (χ1n) is 3.10. The third-order valence-electron chi connectivity index (χ3n) is 1.39. The average Bonchev–Trinajstić information content (AvgIpc) is 1.68. The van der Waals surface area contributed by atoms with E-state index in [1.807, 2.05) is 0 Å². The second-order valence-electron chi connectivity index (χ2n) is 2.16. The minimum atomic E-state index is 0. The van der Waals surface area contributed by atoms with Gasteiger partial charge in [-0.1, -0.05) is 0 Å². The van der Waals surface area contributed by atoms with E-state index in [0.29, 0.717) is 0 Å². The van der Waals surface area contributed by atoms with Gasteiger partial charge in [0.05, 0.1) is 0 Å². The Bertz CT molecular complexity index is 39.5. The monoisotopic (exact) mass is 236 g/mol. The molecule has 1 unspecified atom stereocenters. The topological polar surface area (TPSA) is 0 Å². The molecule has 0 heterocycles. The molecule has 46 valence electrons. The molecule has 0 rings (SSSR count). The number of hydrogen-bond donors (Lipinski definition) is 0. The molecule has 8 heavy (non-hydrogen) atoms. The van der Waals surface area contributed by atoms with Gasteiger partial charge in [0.1, 0.15) is 0 Å². The van der Waals surface area contributed by atoms with E-state index in [1.54, 1.807) is 0 Å². The van der Waals surface area contributed by atoms with E-state index in [0.717, 1.165) is 5.92 Å².